The number of nitrogens with zero attached hydrogens (tertiary/aromatic N) is 3. The number of fused-ring (bicyclic) bond motifs is 1. The van der Waals surface area contributed by atoms with Crippen LogP contribution in [0.4, 0.5) is 4.39 Å². The number of benzene rings is 2. The molecule has 40 heavy (non-hydrogen) atoms. The summed E-state index contributed by atoms with van der Waals surface area (Å²) in [5.74, 6) is -0.541. The number of pyridine rings is 1. The van der Waals surface area contributed by atoms with Crippen molar-refractivity contribution in [2.75, 3.05) is 13.7 Å². The number of amides is 1. The second kappa shape index (κ2) is 11.3. The number of ether oxygens (including phenoxy) is 3. The van der Waals surface area contributed by atoms with Gasteiger partial charge in [-0.2, -0.15) is 0 Å². The number of hydrogen-bond acceptors (Lipinski definition) is 7. The first kappa shape index (κ1) is 27.0. The van der Waals surface area contributed by atoms with E-state index in [0.29, 0.717) is 41.5 Å². The van der Waals surface area contributed by atoms with E-state index in [1.807, 2.05) is 30.3 Å². The standard InChI is InChI=1S/C30H29FN4O5/c1-30(2)29-34-24(25(28(37)35(29)14-15-40-30)39-18-19-8-5-4-6-9-19)26(36)33-17-20-11-12-21(31)16-23(20)22-10-7-13-32-27(22)38-3/h4-13,16H,14-15,17-18H2,1-3H3,(H,33,36). The largest absolute Gasteiger partial charge is 0.481 e. The molecule has 206 valence electrons. The summed E-state index contributed by atoms with van der Waals surface area (Å²) in [4.78, 5) is 35.9. The summed E-state index contributed by atoms with van der Waals surface area (Å²) in [6, 6.07) is 17.1. The third-order valence-electron chi connectivity index (χ3n) is 6.65. The van der Waals surface area contributed by atoms with Crippen molar-refractivity contribution < 1.29 is 23.4 Å². The van der Waals surface area contributed by atoms with E-state index in [1.165, 1.54) is 23.8 Å². The fourth-order valence-corrected chi connectivity index (χ4v) is 4.65. The Kier molecular flexibility index (Phi) is 7.61. The molecule has 2 aromatic carbocycles. The van der Waals surface area contributed by atoms with Crippen LogP contribution in [0.25, 0.3) is 11.1 Å². The van der Waals surface area contributed by atoms with Crippen molar-refractivity contribution in [3.63, 3.8) is 0 Å². The van der Waals surface area contributed by atoms with Gasteiger partial charge in [0, 0.05) is 18.3 Å². The molecule has 0 saturated heterocycles. The van der Waals surface area contributed by atoms with Crippen LogP contribution in [-0.2, 0) is 30.0 Å². The first-order valence-electron chi connectivity index (χ1n) is 12.8. The minimum atomic E-state index is -0.884. The van der Waals surface area contributed by atoms with Gasteiger partial charge < -0.3 is 19.5 Å². The molecule has 1 aliphatic rings. The maximum Gasteiger partial charge on any atom is 0.296 e. The second-order valence-electron chi connectivity index (χ2n) is 9.75. The summed E-state index contributed by atoms with van der Waals surface area (Å²) in [6.07, 6.45) is 1.57. The Morgan fingerprint density at radius 2 is 1.93 bits per heavy atom. The van der Waals surface area contributed by atoms with Crippen molar-refractivity contribution in [3.8, 4) is 22.8 Å². The van der Waals surface area contributed by atoms with Crippen molar-refractivity contribution in [3.05, 3.63) is 106 Å². The number of carbonyl (C=O) groups excluding carboxylic acids is 1. The van der Waals surface area contributed by atoms with Gasteiger partial charge in [-0.1, -0.05) is 36.4 Å². The lowest BCUT2D eigenvalue weighted by Crippen LogP contribution is -2.43. The van der Waals surface area contributed by atoms with Gasteiger partial charge in [0.2, 0.25) is 11.6 Å². The topological polar surface area (TPSA) is 105 Å². The molecule has 0 atom stereocenters. The predicted molar refractivity (Wildman–Crippen MR) is 146 cm³/mol. The Hall–Kier alpha value is -4.57. The maximum atomic E-state index is 14.3. The molecule has 0 bridgehead atoms. The lowest BCUT2D eigenvalue weighted by molar-refractivity contribution is -0.0567. The molecule has 5 rings (SSSR count). The summed E-state index contributed by atoms with van der Waals surface area (Å²) in [7, 11) is 1.48. The van der Waals surface area contributed by atoms with Gasteiger partial charge in [-0.25, -0.2) is 14.4 Å². The first-order chi connectivity index (χ1) is 19.3. The van der Waals surface area contributed by atoms with Gasteiger partial charge in [0.1, 0.15) is 23.8 Å². The molecular formula is C30H29FN4O5. The molecule has 2 aromatic heterocycles. The summed E-state index contributed by atoms with van der Waals surface area (Å²) in [5.41, 5.74) is 1.06. The fourth-order valence-electron chi connectivity index (χ4n) is 4.65. The zero-order valence-electron chi connectivity index (χ0n) is 22.4. The quantitative estimate of drug-likeness (QED) is 0.354. The second-order valence-corrected chi connectivity index (χ2v) is 9.75. The lowest BCUT2D eigenvalue weighted by Gasteiger charge is -2.32. The third-order valence-corrected chi connectivity index (χ3v) is 6.65. The number of aromatic nitrogens is 3. The average Bonchev–Trinajstić information content (AvgIpc) is 2.96. The molecule has 1 aliphatic heterocycles. The van der Waals surface area contributed by atoms with Gasteiger partial charge in [-0.3, -0.25) is 14.2 Å². The van der Waals surface area contributed by atoms with Crippen molar-refractivity contribution >= 4 is 5.91 Å². The maximum absolute atomic E-state index is 14.3. The first-order valence-corrected chi connectivity index (χ1v) is 12.8. The third kappa shape index (κ3) is 5.43. The molecule has 1 amide bonds. The van der Waals surface area contributed by atoms with Crippen LogP contribution >= 0.6 is 0 Å². The lowest BCUT2D eigenvalue weighted by atomic mass is 10.00. The van der Waals surface area contributed by atoms with E-state index < -0.39 is 22.9 Å². The van der Waals surface area contributed by atoms with E-state index in [2.05, 4.69) is 15.3 Å². The molecule has 0 fully saturated rings. The number of hydrogen-bond donors (Lipinski definition) is 1. The van der Waals surface area contributed by atoms with Gasteiger partial charge in [0.15, 0.2) is 5.69 Å². The van der Waals surface area contributed by atoms with Gasteiger partial charge in [0.05, 0.1) is 20.3 Å². The Labute approximate surface area is 230 Å². The highest BCUT2D eigenvalue weighted by Gasteiger charge is 2.35. The molecular weight excluding hydrogens is 515 g/mol. The molecule has 0 spiro atoms. The minimum Gasteiger partial charge on any atom is -0.481 e. The number of nitrogens with one attached hydrogen (secondary N) is 1. The van der Waals surface area contributed by atoms with Crippen LogP contribution < -0.4 is 20.3 Å². The molecule has 3 heterocycles. The molecule has 10 heteroatoms. The Morgan fingerprint density at radius 3 is 2.70 bits per heavy atom. The summed E-state index contributed by atoms with van der Waals surface area (Å²) in [5, 5.41) is 2.83. The smallest absolute Gasteiger partial charge is 0.296 e. The van der Waals surface area contributed by atoms with Crippen LogP contribution in [0, 0.1) is 5.82 Å². The van der Waals surface area contributed by atoms with Crippen LogP contribution in [0.1, 0.15) is 41.3 Å². The Morgan fingerprint density at radius 1 is 1.12 bits per heavy atom. The van der Waals surface area contributed by atoms with Crippen LogP contribution in [0.5, 0.6) is 11.6 Å². The molecule has 0 saturated carbocycles. The van der Waals surface area contributed by atoms with Crippen LogP contribution in [0.3, 0.4) is 0 Å². The van der Waals surface area contributed by atoms with Crippen molar-refractivity contribution in [1.29, 1.82) is 0 Å². The molecule has 9 nitrogen and oxygen atoms in total. The van der Waals surface area contributed by atoms with E-state index in [4.69, 9.17) is 14.2 Å². The van der Waals surface area contributed by atoms with Gasteiger partial charge in [-0.05, 0) is 54.8 Å². The summed E-state index contributed by atoms with van der Waals surface area (Å²) >= 11 is 0. The van der Waals surface area contributed by atoms with E-state index >= 15 is 0 Å². The van der Waals surface area contributed by atoms with Gasteiger partial charge in [0.25, 0.3) is 11.5 Å². The fraction of sp³-hybridized carbons (Fsp3) is 0.267. The molecule has 0 unspecified atom stereocenters. The van der Waals surface area contributed by atoms with E-state index in [-0.39, 0.29) is 24.6 Å². The van der Waals surface area contributed by atoms with Crippen molar-refractivity contribution in [2.45, 2.75) is 39.1 Å². The number of rotatable bonds is 8. The number of methoxy groups -OCH3 is 1. The molecule has 1 N–H and O–H groups in total. The van der Waals surface area contributed by atoms with E-state index in [0.717, 1.165) is 5.56 Å². The van der Waals surface area contributed by atoms with E-state index in [9.17, 15) is 14.0 Å². The monoisotopic (exact) mass is 544 g/mol. The van der Waals surface area contributed by atoms with Gasteiger partial charge in [-0.15, -0.1) is 0 Å². The minimum absolute atomic E-state index is 0.0185. The zero-order valence-corrected chi connectivity index (χ0v) is 22.4. The van der Waals surface area contributed by atoms with Crippen molar-refractivity contribution in [1.82, 2.24) is 19.9 Å². The van der Waals surface area contributed by atoms with Gasteiger partial charge >= 0.3 is 0 Å². The molecule has 0 aliphatic carbocycles. The number of carbonyl (C=O) groups is 1. The number of halogens is 1. The average molecular weight is 545 g/mol. The normalized spacial score (nSPS) is 13.8. The predicted octanol–water partition coefficient (Wildman–Crippen LogP) is 4.23. The summed E-state index contributed by atoms with van der Waals surface area (Å²) in [6.45, 7) is 4.31. The van der Waals surface area contributed by atoms with Crippen molar-refractivity contribution in [2.24, 2.45) is 0 Å². The Bertz CT molecular complexity index is 1600. The zero-order chi connectivity index (χ0) is 28.3. The highest BCUT2D eigenvalue weighted by molar-refractivity contribution is 5.95. The van der Waals surface area contributed by atoms with Crippen LogP contribution in [0.2, 0.25) is 0 Å². The van der Waals surface area contributed by atoms with E-state index in [1.54, 1.807) is 38.2 Å². The molecule has 4 aromatic rings. The highest BCUT2D eigenvalue weighted by Crippen LogP contribution is 2.32. The molecule has 0 radical (unpaired) electrons. The summed E-state index contributed by atoms with van der Waals surface area (Å²) < 4.78 is 32.9. The van der Waals surface area contributed by atoms with Crippen LogP contribution in [-0.4, -0.2) is 34.2 Å². The van der Waals surface area contributed by atoms with Crippen LogP contribution in [0.15, 0.2) is 71.7 Å². The highest BCUT2D eigenvalue weighted by atomic mass is 19.1. The SMILES string of the molecule is COc1ncccc1-c1cc(F)ccc1CNC(=O)c1nc2n(c(=O)c1OCc1ccccc1)CCOC2(C)C. The Balaban J connectivity index is 1.49.